The summed E-state index contributed by atoms with van der Waals surface area (Å²) in [5.74, 6) is 0.459. The normalized spacial score (nSPS) is 12.0. The van der Waals surface area contributed by atoms with Crippen molar-refractivity contribution in [3.63, 3.8) is 0 Å². The van der Waals surface area contributed by atoms with Crippen LogP contribution in [-0.4, -0.2) is 19.3 Å². The summed E-state index contributed by atoms with van der Waals surface area (Å²) in [5.41, 5.74) is 2.48. The van der Waals surface area contributed by atoms with E-state index in [-0.39, 0.29) is 5.82 Å². The van der Waals surface area contributed by atoms with Gasteiger partial charge in [0.15, 0.2) is 0 Å². The minimum atomic E-state index is -0.719. The van der Waals surface area contributed by atoms with E-state index in [1.165, 1.54) is 12.1 Å². The summed E-state index contributed by atoms with van der Waals surface area (Å²) >= 11 is 0. The lowest BCUT2D eigenvalue weighted by atomic mass is 10.1. The molecule has 3 nitrogen and oxygen atoms in total. The van der Waals surface area contributed by atoms with Gasteiger partial charge >= 0.3 is 0 Å². The first-order chi connectivity index (χ1) is 10.0. The SMILES string of the molecule is COc1cccc(CN(C)c2ccc(F)cc2[C@@H](C)O)c1. The number of ether oxygens (including phenoxy) is 1. The van der Waals surface area contributed by atoms with Gasteiger partial charge < -0.3 is 14.7 Å². The number of aliphatic hydroxyl groups excluding tert-OH is 1. The average molecular weight is 289 g/mol. The van der Waals surface area contributed by atoms with E-state index in [9.17, 15) is 9.50 Å². The quantitative estimate of drug-likeness (QED) is 0.914. The van der Waals surface area contributed by atoms with Crippen molar-refractivity contribution in [3.8, 4) is 5.75 Å². The largest absolute Gasteiger partial charge is 0.497 e. The van der Waals surface area contributed by atoms with Crippen LogP contribution in [0.3, 0.4) is 0 Å². The molecular weight excluding hydrogens is 269 g/mol. The molecule has 0 heterocycles. The van der Waals surface area contributed by atoms with E-state index < -0.39 is 6.10 Å². The summed E-state index contributed by atoms with van der Waals surface area (Å²) in [6.07, 6.45) is -0.719. The number of methoxy groups -OCH3 is 1. The minimum absolute atomic E-state index is 0.343. The molecule has 0 saturated carbocycles. The number of benzene rings is 2. The molecule has 0 amide bonds. The topological polar surface area (TPSA) is 32.7 Å². The molecule has 0 saturated heterocycles. The van der Waals surface area contributed by atoms with E-state index in [0.717, 1.165) is 17.0 Å². The second kappa shape index (κ2) is 6.59. The van der Waals surface area contributed by atoms with Crippen molar-refractivity contribution in [2.75, 3.05) is 19.1 Å². The van der Waals surface area contributed by atoms with Gasteiger partial charge in [-0.2, -0.15) is 0 Å². The van der Waals surface area contributed by atoms with Crippen molar-refractivity contribution in [1.29, 1.82) is 0 Å². The molecule has 0 spiro atoms. The highest BCUT2D eigenvalue weighted by atomic mass is 19.1. The Hall–Kier alpha value is -2.07. The molecule has 4 heteroatoms. The molecule has 1 atom stereocenters. The molecule has 2 aromatic rings. The standard InChI is InChI=1S/C17H20FNO2/c1-12(20)16-10-14(18)7-8-17(16)19(2)11-13-5-4-6-15(9-13)21-3/h4-10,12,20H,11H2,1-3H3/t12-/m1/s1. The van der Waals surface area contributed by atoms with Crippen molar-refractivity contribution in [2.45, 2.75) is 19.6 Å². The maximum atomic E-state index is 13.4. The molecule has 2 rings (SSSR count). The third-order valence-electron chi connectivity index (χ3n) is 3.40. The molecule has 0 bridgehead atoms. The molecule has 0 aliphatic rings. The van der Waals surface area contributed by atoms with Gasteiger partial charge in [0.05, 0.1) is 13.2 Å². The van der Waals surface area contributed by atoms with E-state index in [4.69, 9.17) is 4.74 Å². The third-order valence-corrected chi connectivity index (χ3v) is 3.40. The summed E-state index contributed by atoms with van der Waals surface area (Å²) < 4.78 is 18.6. The zero-order valence-electron chi connectivity index (χ0n) is 12.5. The van der Waals surface area contributed by atoms with Gasteiger partial charge in [-0.3, -0.25) is 0 Å². The monoisotopic (exact) mass is 289 g/mol. The third kappa shape index (κ3) is 3.73. The van der Waals surface area contributed by atoms with E-state index in [1.54, 1.807) is 20.1 Å². The van der Waals surface area contributed by atoms with Gasteiger partial charge in [0.1, 0.15) is 11.6 Å². The average Bonchev–Trinajstić information content (AvgIpc) is 2.47. The predicted octanol–water partition coefficient (Wildman–Crippen LogP) is 3.52. The number of hydrogen-bond donors (Lipinski definition) is 1. The van der Waals surface area contributed by atoms with E-state index in [1.807, 2.05) is 36.2 Å². The first kappa shape index (κ1) is 15.3. The molecular formula is C17H20FNO2. The first-order valence-electron chi connectivity index (χ1n) is 6.83. The summed E-state index contributed by atoms with van der Waals surface area (Å²) in [6, 6.07) is 12.3. The van der Waals surface area contributed by atoms with Gasteiger partial charge in [-0.15, -0.1) is 0 Å². The molecule has 0 aliphatic heterocycles. The Balaban J connectivity index is 2.25. The predicted molar refractivity (Wildman–Crippen MR) is 82.1 cm³/mol. The Bertz CT molecular complexity index is 613. The van der Waals surface area contributed by atoms with Crippen LogP contribution >= 0.6 is 0 Å². The van der Waals surface area contributed by atoms with Crippen LogP contribution in [0.1, 0.15) is 24.2 Å². The molecule has 1 N–H and O–H groups in total. The summed E-state index contributed by atoms with van der Waals surface area (Å²) in [6.45, 7) is 2.28. The van der Waals surface area contributed by atoms with E-state index in [0.29, 0.717) is 12.1 Å². The van der Waals surface area contributed by atoms with Crippen LogP contribution in [0.5, 0.6) is 5.75 Å². The van der Waals surface area contributed by atoms with Gasteiger partial charge in [-0.05, 0) is 42.8 Å². The number of aliphatic hydroxyl groups is 1. The lowest BCUT2D eigenvalue weighted by Gasteiger charge is -2.24. The number of nitrogens with zero attached hydrogens (tertiary/aromatic N) is 1. The van der Waals surface area contributed by atoms with Gasteiger partial charge in [0, 0.05) is 24.8 Å². The van der Waals surface area contributed by atoms with Gasteiger partial charge in [0.25, 0.3) is 0 Å². The molecule has 0 aliphatic carbocycles. The highest BCUT2D eigenvalue weighted by molar-refractivity contribution is 5.54. The lowest BCUT2D eigenvalue weighted by molar-refractivity contribution is 0.199. The van der Waals surface area contributed by atoms with Crippen molar-refractivity contribution in [1.82, 2.24) is 0 Å². The van der Waals surface area contributed by atoms with Gasteiger partial charge in [-0.25, -0.2) is 4.39 Å². The Labute approximate surface area is 124 Å². The van der Waals surface area contributed by atoms with Crippen molar-refractivity contribution < 1.29 is 14.2 Å². The number of anilines is 1. The highest BCUT2D eigenvalue weighted by Gasteiger charge is 2.13. The molecule has 0 fully saturated rings. The zero-order chi connectivity index (χ0) is 15.4. The summed E-state index contributed by atoms with van der Waals surface area (Å²) in [5, 5.41) is 9.81. The van der Waals surface area contributed by atoms with Crippen LogP contribution in [0.15, 0.2) is 42.5 Å². The van der Waals surface area contributed by atoms with Crippen LogP contribution in [0.4, 0.5) is 10.1 Å². The van der Waals surface area contributed by atoms with E-state index in [2.05, 4.69) is 0 Å². The van der Waals surface area contributed by atoms with Crippen LogP contribution in [0.25, 0.3) is 0 Å². The van der Waals surface area contributed by atoms with Crippen molar-refractivity contribution in [3.05, 3.63) is 59.4 Å². The Morgan fingerprint density at radius 2 is 2.00 bits per heavy atom. The summed E-state index contributed by atoms with van der Waals surface area (Å²) in [7, 11) is 3.55. The Morgan fingerprint density at radius 1 is 1.24 bits per heavy atom. The Kier molecular flexibility index (Phi) is 4.81. The van der Waals surface area contributed by atoms with E-state index >= 15 is 0 Å². The fraction of sp³-hybridized carbons (Fsp3) is 0.294. The zero-order valence-corrected chi connectivity index (χ0v) is 12.5. The van der Waals surface area contributed by atoms with Crippen LogP contribution in [-0.2, 0) is 6.54 Å². The summed E-state index contributed by atoms with van der Waals surface area (Å²) in [4.78, 5) is 1.98. The van der Waals surface area contributed by atoms with Crippen LogP contribution in [0.2, 0.25) is 0 Å². The fourth-order valence-corrected chi connectivity index (χ4v) is 2.34. The highest BCUT2D eigenvalue weighted by Crippen LogP contribution is 2.28. The molecule has 0 aromatic heterocycles. The molecule has 0 radical (unpaired) electrons. The number of halogens is 1. The van der Waals surface area contributed by atoms with Crippen LogP contribution < -0.4 is 9.64 Å². The molecule has 2 aromatic carbocycles. The second-order valence-corrected chi connectivity index (χ2v) is 5.09. The first-order valence-corrected chi connectivity index (χ1v) is 6.83. The fourth-order valence-electron chi connectivity index (χ4n) is 2.34. The maximum absolute atomic E-state index is 13.4. The number of rotatable bonds is 5. The van der Waals surface area contributed by atoms with Crippen molar-refractivity contribution in [2.24, 2.45) is 0 Å². The van der Waals surface area contributed by atoms with Gasteiger partial charge in [-0.1, -0.05) is 12.1 Å². The van der Waals surface area contributed by atoms with Gasteiger partial charge in [0.2, 0.25) is 0 Å². The Morgan fingerprint density at radius 3 is 2.67 bits per heavy atom. The second-order valence-electron chi connectivity index (χ2n) is 5.09. The molecule has 112 valence electrons. The minimum Gasteiger partial charge on any atom is -0.497 e. The molecule has 0 unspecified atom stereocenters. The van der Waals surface area contributed by atoms with Crippen LogP contribution in [0, 0.1) is 5.82 Å². The molecule has 21 heavy (non-hydrogen) atoms. The number of hydrogen-bond acceptors (Lipinski definition) is 3. The smallest absolute Gasteiger partial charge is 0.123 e. The maximum Gasteiger partial charge on any atom is 0.123 e. The van der Waals surface area contributed by atoms with Crippen molar-refractivity contribution >= 4 is 5.69 Å². The lowest BCUT2D eigenvalue weighted by Crippen LogP contribution is -2.18.